The van der Waals surface area contributed by atoms with E-state index in [0.717, 1.165) is 56.1 Å². The summed E-state index contributed by atoms with van der Waals surface area (Å²) in [5.74, 6) is 1.52. The van der Waals surface area contributed by atoms with Crippen LogP contribution in [0.25, 0.3) is 11.5 Å². The van der Waals surface area contributed by atoms with Crippen LogP contribution in [0.3, 0.4) is 0 Å². The summed E-state index contributed by atoms with van der Waals surface area (Å²) in [5.41, 5.74) is 4.55. The third-order valence-electron chi connectivity index (χ3n) is 6.33. The second-order valence-electron chi connectivity index (χ2n) is 8.93. The summed E-state index contributed by atoms with van der Waals surface area (Å²) in [4.78, 5) is 11.6. The van der Waals surface area contributed by atoms with Crippen molar-refractivity contribution < 1.29 is 4.42 Å². The van der Waals surface area contributed by atoms with Crippen LogP contribution in [0.5, 0.6) is 0 Å². The van der Waals surface area contributed by atoms with Crippen molar-refractivity contribution in [3.8, 4) is 11.5 Å². The first-order chi connectivity index (χ1) is 16.1. The van der Waals surface area contributed by atoms with Gasteiger partial charge in [-0.05, 0) is 44.4 Å². The number of oxazole rings is 1. The van der Waals surface area contributed by atoms with Gasteiger partial charge < -0.3 is 15.1 Å². The highest BCUT2D eigenvalue weighted by Gasteiger charge is 2.25. The Hall–Kier alpha value is -2.39. The Balaban J connectivity index is 0.00000324. The van der Waals surface area contributed by atoms with E-state index >= 15 is 0 Å². The molecule has 0 radical (unpaired) electrons. The molecule has 4 rings (SSSR count). The van der Waals surface area contributed by atoms with Crippen molar-refractivity contribution in [2.24, 2.45) is 4.99 Å². The molecule has 6 nitrogen and oxygen atoms in total. The van der Waals surface area contributed by atoms with E-state index in [0.29, 0.717) is 18.0 Å². The van der Waals surface area contributed by atoms with Crippen molar-refractivity contribution in [1.82, 2.24) is 20.5 Å². The van der Waals surface area contributed by atoms with E-state index in [1.165, 1.54) is 11.1 Å². The number of guanidine groups is 1. The molecule has 2 unspecified atom stereocenters. The molecule has 7 heteroatoms. The zero-order valence-corrected chi connectivity index (χ0v) is 22.7. The highest BCUT2D eigenvalue weighted by atomic mass is 127. The van der Waals surface area contributed by atoms with E-state index in [-0.39, 0.29) is 24.0 Å². The summed E-state index contributed by atoms with van der Waals surface area (Å²) < 4.78 is 5.67. The van der Waals surface area contributed by atoms with Crippen molar-refractivity contribution >= 4 is 29.9 Å². The van der Waals surface area contributed by atoms with Gasteiger partial charge in [-0.3, -0.25) is 9.89 Å². The number of hydrogen-bond donors (Lipinski definition) is 2. The number of hydrogen-bond acceptors (Lipinski definition) is 4. The molecule has 2 aromatic carbocycles. The number of rotatable bonds is 7. The normalized spacial score (nSPS) is 18.9. The van der Waals surface area contributed by atoms with Crippen LogP contribution in [0.4, 0.5) is 0 Å². The first kappa shape index (κ1) is 26.2. The third-order valence-corrected chi connectivity index (χ3v) is 6.33. The van der Waals surface area contributed by atoms with Gasteiger partial charge in [0.25, 0.3) is 0 Å². The maximum absolute atomic E-state index is 5.67. The van der Waals surface area contributed by atoms with E-state index in [1.807, 2.05) is 19.2 Å². The first-order valence-electron chi connectivity index (χ1n) is 11.9. The maximum atomic E-state index is 5.67. The lowest BCUT2D eigenvalue weighted by atomic mass is 9.97. The second-order valence-corrected chi connectivity index (χ2v) is 8.93. The van der Waals surface area contributed by atoms with Crippen LogP contribution < -0.4 is 10.6 Å². The molecule has 1 aromatic heterocycles. The summed E-state index contributed by atoms with van der Waals surface area (Å²) in [5, 5.41) is 7.04. The van der Waals surface area contributed by atoms with Gasteiger partial charge in [0, 0.05) is 50.7 Å². The van der Waals surface area contributed by atoms with E-state index in [1.54, 1.807) is 6.26 Å². The molecule has 1 aliphatic heterocycles. The Labute approximate surface area is 220 Å². The van der Waals surface area contributed by atoms with Crippen LogP contribution in [0.15, 0.2) is 70.3 Å². The third kappa shape index (κ3) is 7.30. The van der Waals surface area contributed by atoms with Crippen molar-refractivity contribution in [2.45, 2.75) is 51.7 Å². The van der Waals surface area contributed by atoms with Gasteiger partial charge in [0.05, 0.1) is 5.69 Å². The first-order valence-corrected chi connectivity index (χ1v) is 11.9. The Morgan fingerprint density at radius 2 is 1.91 bits per heavy atom. The fourth-order valence-corrected chi connectivity index (χ4v) is 4.35. The summed E-state index contributed by atoms with van der Waals surface area (Å²) >= 11 is 0. The number of nitrogens with one attached hydrogen (secondary N) is 2. The van der Waals surface area contributed by atoms with Gasteiger partial charge in [0.2, 0.25) is 5.89 Å². The highest BCUT2D eigenvalue weighted by Crippen LogP contribution is 2.20. The summed E-state index contributed by atoms with van der Waals surface area (Å²) in [6.07, 6.45) is 4.75. The minimum Gasteiger partial charge on any atom is -0.444 e. The lowest BCUT2D eigenvalue weighted by Gasteiger charge is -2.38. The van der Waals surface area contributed by atoms with E-state index in [9.17, 15) is 0 Å². The van der Waals surface area contributed by atoms with Crippen LogP contribution in [-0.4, -0.2) is 48.1 Å². The fourth-order valence-electron chi connectivity index (χ4n) is 4.35. The zero-order chi connectivity index (χ0) is 23.0. The topological polar surface area (TPSA) is 65.7 Å². The van der Waals surface area contributed by atoms with Gasteiger partial charge in [-0.1, -0.05) is 48.0 Å². The molecule has 1 saturated heterocycles. The molecule has 182 valence electrons. The van der Waals surface area contributed by atoms with Crippen LogP contribution in [0, 0.1) is 6.92 Å². The smallest absolute Gasteiger partial charge is 0.226 e. The number of aryl methyl sites for hydroxylation is 1. The minimum atomic E-state index is 0. The van der Waals surface area contributed by atoms with Crippen LogP contribution >= 0.6 is 24.0 Å². The van der Waals surface area contributed by atoms with Gasteiger partial charge in [-0.15, -0.1) is 24.0 Å². The number of likely N-dealkylation sites (tertiary alicyclic amines) is 1. The van der Waals surface area contributed by atoms with Gasteiger partial charge in [-0.25, -0.2) is 4.98 Å². The van der Waals surface area contributed by atoms with Crippen molar-refractivity contribution in [1.29, 1.82) is 0 Å². The lowest BCUT2D eigenvalue weighted by Crippen LogP contribution is -2.51. The molecule has 2 atom stereocenters. The van der Waals surface area contributed by atoms with Gasteiger partial charge >= 0.3 is 0 Å². The van der Waals surface area contributed by atoms with E-state index < -0.39 is 0 Å². The molecule has 0 spiro atoms. The number of nitrogens with zero attached hydrogens (tertiary/aromatic N) is 3. The van der Waals surface area contributed by atoms with Crippen LogP contribution in [0.2, 0.25) is 0 Å². The molecule has 0 saturated carbocycles. The quantitative estimate of drug-likeness (QED) is 0.236. The number of benzene rings is 2. The minimum absolute atomic E-state index is 0. The lowest BCUT2D eigenvalue weighted by molar-refractivity contribution is 0.134. The molecule has 1 fully saturated rings. The predicted octanol–water partition coefficient (Wildman–Crippen LogP) is 5.03. The Morgan fingerprint density at radius 1 is 1.15 bits per heavy atom. The van der Waals surface area contributed by atoms with E-state index in [2.05, 4.69) is 81.8 Å². The van der Waals surface area contributed by atoms with Crippen LogP contribution in [0.1, 0.15) is 36.6 Å². The number of aromatic nitrogens is 1. The number of piperidine rings is 1. The summed E-state index contributed by atoms with van der Waals surface area (Å²) in [7, 11) is 1.83. The SMILES string of the molecule is CN=C(NCCc1coc(-c2ccc(C)cc2)n1)NC1CCN(Cc2ccccc2)C(C)C1.I. The molecular formula is C27H36IN5O. The summed E-state index contributed by atoms with van der Waals surface area (Å²) in [6, 6.07) is 19.9. The monoisotopic (exact) mass is 573 g/mol. The molecule has 0 amide bonds. The van der Waals surface area contributed by atoms with Gasteiger partial charge in [-0.2, -0.15) is 0 Å². The predicted molar refractivity (Wildman–Crippen MR) is 150 cm³/mol. The maximum Gasteiger partial charge on any atom is 0.226 e. The van der Waals surface area contributed by atoms with Crippen molar-refractivity contribution in [2.75, 3.05) is 20.1 Å². The molecular weight excluding hydrogens is 537 g/mol. The standard InChI is InChI=1S/C27H35N5O.HI/c1-20-9-11-23(12-10-20)26-30-25(19-33-26)13-15-29-27(28-3)31-24-14-16-32(21(2)17-24)18-22-7-5-4-6-8-22;/h4-12,19,21,24H,13-18H2,1-3H3,(H2,28,29,31);1H. The van der Waals surface area contributed by atoms with Crippen molar-refractivity contribution in [3.63, 3.8) is 0 Å². The average molecular weight is 574 g/mol. The molecule has 3 aromatic rings. The molecule has 1 aliphatic rings. The highest BCUT2D eigenvalue weighted by molar-refractivity contribution is 14.0. The largest absolute Gasteiger partial charge is 0.444 e. The molecule has 34 heavy (non-hydrogen) atoms. The fraction of sp³-hybridized carbons (Fsp3) is 0.407. The molecule has 0 bridgehead atoms. The van der Waals surface area contributed by atoms with Crippen molar-refractivity contribution in [3.05, 3.63) is 77.7 Å². The number of aliphatic imine (C=N–C) groups is 1. The summed E-state index contributed by atoms with van der Waals surface area (Å²) in [6.45, 7) is 7.26. The Morgan fingerprint density at radius 3 is 2.62 bits per heavy atom. The Bertz CT molecular complexity index is 1030. The Kier molecular flexibility index (Phi) is 9.95. The molecule has 2 N–H and O–H groups in total. The van der Waals surface area contributed by atoms with E-state index in [4.69, 9.17) is 4.42 Å². The van der Waals surface area contributed by atoms with Crippen LogP contribution in [-0.2, 0) is 13.0 Å². The second kappa shape index (κ2) is 12.9. The zero-order valence-electron chi connectivity index (χ0n) is 20.3. The number of halogens is 1. The molecule has 2 heterocycles. The van der Waals surface area contributed by atoms with Gasteiger partial charge in [0.1, 0.15) is 6.26 Å². The average Bonchev–Trinajstić information content (AvgIpc) is 3.30. The molecule has 0 aliphatic carbocycles. The van der Waals surface area contributed by atoms with Gasteiger partial charge in [0.15, 0.2) is 5.96 Å².